The summed E-state index contributed by atoms with van der Waals surface area (Å²) in [6.07, 6.45) is 2.92. The van der Waals surface area contributed by atoms with Gasteiger partial charge in [-0.25, -0.2) is 0 Å². The van der Waals surface area contributed by atoms with E-state index in [4.69, 9.17) is 0 Å². The second-order valence-corrected chi connectivity index (χ2v) is 3.49. The fraction of sp³-hybridized carbons (Fsp3) is 0.556. The first kappa shape index (κ1) is 8.75. The van der Waals surface area contributed by atoms with Gasteiger partial charge in [-0.3, -0.25) is 0 Å². The first-order valence-corrected chi connectivity index (χ1v) is 4.99. The number of aliphatic hydroxyl groups excluding tert-OH is 1. The number of rotatable bonds is 4. The van der Waals surface area contributed by atoms with Gasteiger partial charge in [-0.1, -0.05) is 19.8 Å². The first-order valence-electron chi connectivity index (χ1n) is 4.04. The zero-order valence-corrected chi connectivity index (χ0v) is 7.60. The lowest BCUT2D eigenvalue weighted by Crippen LogP contribution is -1.94. The Kier molecular flexibility index (Phi) is 3.60. The molecular formula is C9H14OS. The number of aliphatic hydroxyl groups is 1. The van der Waals surface area contributed by atoms with Gasteiger partial charge in [0.2, 0.25) is 0 Å². The molecule has 1 atom stereocenters. The molecule has 62 valence electrons. The van der Waals surface area contributed by atoms with Gasteiger partial charge in [0.05, 0.1) is 6.10 Å². The molecule has 0 bridgehead atoms. The predicted octanol–water partition coefficient (Wildman–Crippen LogP) is 2.97. The van der Waals surface area contributed by atoms with E-state index in [1.807, 2.05) is 16.8 Å². The Morgan fingerprint density at radius 3 is 3.00 bits per heavy atom. The van der Waals surface area contributed by atoms with Crippen molar-refractivity contribution in [1.29, 1.82) is 0 Å². The number of hydrogen-bond donors (Lipinski definition) is 1. The standard InChI is InChI=1S/C9H14OS/c1-2-3-4-9(10)8-5-6-11-7-8/h5-7,9-10H,2-4H2,1H3. The molecule has 0 radical (unpaired) electrons. The highest BCUT2D eigenvalue weighted by molar-refractivity contribution is 7.07. The van der Waals surface area contributed by atoms with E-state index in [0.29, 0.717) is 0 Å². The van der Waals surface area contributed by atoms with Gasteiger partial charge in [0.25, 0.3) is 0 Å². The van der Waals surface area contributed by atoms with Gasteiger partial charge in [0.15, 0.2) is 0 Å². The molecule has 0 aromatic carbocycles. The van der Waals surface area contributed by atoms with Crippen molar-refractivity contribution < 1.29 is 5.11 Å². The minimum atomic E-state index is -0.235. The second-order valence-electron chi connectivity index (χ2n) is 2.71. The molecule has 1 nitrogen and oxygen atoms in total. The summed E-state index contributed by atoms with van der Waals surface area (Å²) in [6.45, 7) is 2.14. The van der Waals surface area contributed by atoms with E-state index in [9.17, 15) is 5.11 Å². The first-order chi connectivity index (χ1) is 5.34. The molecule has 0 aliphatic carbocycles. The summed E-state index contributed by atoms with van der Waals surface area (Å²) >= 11 is 1.64. The maximum Gasteiger partial charge on any atom is 0.0798 e. The fourth-order valence-electron chi connectivity index (χ4n) is 1.03. The third-order valence-corrected chi connectivity index (χ3v) is 2.46. The van der Waals surface area contributed by atoms with Crippen molar-refractivity contribution in [3.63, 3.8) is 0 Å². The molecule has 1 aromatic heterocycles. The van der Waals surface area contributed by atoms with E-state index < -0.39 is 0 Å². The van der Waals surface area contributed by atoms with Gasteiger partial charge in [0.1, 0.15) is 0 Å². The molecule has 1 aromatic rings. The van der Waals surface area contributed by atoms with Crippen LogP contribution in [-0.2, 0) is 0 Å². The van der Waals surface area contributed by atoms with Crippen molar-refractivity contribution in [3.05, 3.63) is 22.4 Å². The van der Waals surface area contributed by atoms with Crippen molar-refractivity contribution in [2.45, 2.75) is 32.3 Å². The summed E-state index contributed by atoms with van der Waals surface area (Å²) in [7, 11) is 0. The zero-order valence-electron chi connectivity index (χ0n) is 6.79. The Hall–Kier alpha value is -0.340. The minimum Gasteiger partial charge on any atom is -0.388 e. The van der Waals surface area contributed by atoms with Gasteiger partial charge < -0.3 is 5.11 Å². The Bertz CT molecular complexity index is 181. The Labute approximate surface area is 71.7 Å². The lowest BCUT2D eigenvalue weighted by molar-refractivity contribution is 0.165. The molecule has 0 spiro atoms. The molecule has 0 saturated carbocycles. The van der Waals surface area contributed by atoms with E-state index in [1.54, 1.807) is 11.3 Å². The summed E-state index contributed by atoms with van der Waals surface area (Å²) in [5.41, 5.74) is 1.07. The SMILES string of the molecule is CCCCC(O)c1ccsc1. The van der Waals surface area contributed by atoms with E-state index in [0.717, 1.165) is 24.8 Å². The molecular weight excluding hydrogens is 156 g/mol. The smallest absolute Gasteiger partial charge is 0.0798 e. The van der Waals surface area contributed by atoms with Crippen molar-refractivity contribution in [1.82, 2.24) is 0 Å². The highest BCUT2D eigenvalue weighted by Gasteiger charge is 2.05. The van der Waals surface area contributed by atoms with Crippen molar-refractivity contribution in [3.8, 4) is 0 Å². The van der Waals surface area contributed by atoms with Crippen LogP contribution in [0.1, 0.15) is 37.9 Å². The van der Waals surface area contributed by atoms with Gasteiger partial charge in [-0.15, -0.1) is 0 Å². The topological polar surface area (TPSA) is 20.2 Å². The van der Waals surface area contributed by atoms with Crippen LogP contribution in [0.3, 0.4) is 0 Å². The summed E-state index contributed by atoms with van der Waals surface area (Å²) in [6, 6.07) is 1.99. The average Bonchev–Trinajstić information content (AvgIpc) is 2.52. The van der Waals surface area contributed by atoms with Crippen molar-refractivity contribution in [2.75, 3.05) is 0 Å². The van der Waals surface area contributed by atoms with Crippen molar-refractivity contribution in [2.24, 2.45) is 0 Å². The Morgan fingerprint density at radius 1 is 1.64 bits per heavy atom. The van der Waals surface area contributed by atoms with Crippen LogP contribution < -0.4 is 0 Å². The normalized spacial score (nSPS) is 13.3. The fourth-order valence-corrected chi connectivity index (χ4v) is 1.74. The zero-order chi connectivity index (χ0) is 8.10. The van der Waals surface area contributed by atoms with Crippen LogP contribution in [0, 0.1) is 0 Å². The van der Waals surface area contributed by atoms with Crippen LogP contribution in [0.25, 0.3) is 0 Å². The predicted molar refractivity (Wildman–Crippen MR) is 48.8 cm³/mol. The van der Waals surface area contributed by atoms with E-state index in [1.165, 1.54) is 0 Å². The number of hydrogen-bond acceptors (Lipinski definition) is 2. The number of thiophene rings is 1. The quantitative estimate of drug-likeness (QED) is 0.736. The second kappa shape index (κ2) is 4.52. The van der Waals surface area contributed by atoms with Crippen LogP contribution in [0.2, 0.25) is 0 Å². The van der Waals surface area contributed by atoms with Crippen molar-refractivity contribution >= 4 is 11.3 Å². The van der Waals surface area contributed by atoms with Crippen LogP contribution in [0.4, 0.5) is 0 Å². The Morgan fingerprint density at radius 2 is 2.45 bits per heavy atom. The maximum atomic E-state index is 9.55. The van der Waals surface area contributed by atoms with E-state index in [2.05, 4.69) is 6.92 Å². The molecule has 0 aliphatic heterocycles. The van der Waals surface area contributed by atoms with Gasteiger partial charge in [-0.05, 0) is 28.8 Å². The molecule has 1 N–H and O–H groups in total. The molecule has 1 heterocycles. The highest BCUT2D eigenvalue weighted by atomic mass is 32.1. The monoisotopic (exact) mass is 170 g/mol. The highest BCUT2D eigenvalue weighted by Crippen LogP contribution is 2.20. The molecule has 0 amide bonds. The lowest BCUT2D eigenvalue weighted by Gasteiger charge is -2.06. The van der Waals surface area contributed by atoms with Crippen LogP contribution in [-0.4, -0.2) is 5.11 Å². The average molecular weight is 170 g/mol. The molecule has 0 fully saturated rings. The maximum absolute atomic E-state index is 9.55. The van der Waals surface area contributed by atoms with E-state index in [-0.39, 0.29) is 6.10 Å². The molecule has 2 heteroatoms. The summed E-state index contributed by atoms with van der Waals surface area (Å²) in [5, 5.41) is 13.6. The molecule has 1 rings (SSSR count). The van der Waals surface area contributed by atoms with Gasteiger partial charge in [0, 0.05) is 0 Å². The molecule has 1 unspecified atom stereocenters. The summed E-state index contributed by atoms with van der Waals surface area (Å²) in [4.78, 5) is 0. The number of unbranched alkanes of at least 4 members (excludes halogenated alkanes) is 1. The Balaban J connectivity index is 2.36. The van der Waals surface area contributed by atoms with Crippen LogP contribution in [0.5, 0.6) is 0 Å². The largest absolute Gasteiger partial charge is 0.388 e. The lowest BCUT2D eigenvalue weighted by atomic mass is 10.1. The van der Waals surface area contributed by atoms with E-state index >= 15 is 0 Å². The summed E-state index contributed by atoms with van der Waals surface area (Å²) < 4.78 is 0. The summed E-state index contributed by atoms with van der Waals surface area (Å²) in [5.74, 6) is 0. The van der Waals surface area contributed by atoms with Gasteiger partial charge in [-0.2, -0.15) is 11.3 Å². The molecule has 0 saturated heterocycles. The molecule has 11 heavy (non-hydrogen) atoms. The third kappa shape index (κ3) is 2.64. The van der Waals surface area contributed by atoms with Crippen LogP contribution in [0.15, 0.2) is 16.8 Å². The minimum absolute atomic E-state index is 0.235. The van der Waals surface area contributed by atoms with Gasteiger partial charge >= 0.3 is 0 Å². The molecule has 0 aliphatic rings. The third-order valence-electron chi connectivity index (χ3n) is 1.76. The van der Waals surface area contributed by atoms with Crippen LogP contribution >= 0.6 is 11.3 Å².